The molecule has 4 aromatic heterocycles. The summed E-state index contributed by atoms with van der Waals surface area (Å²) in [6.45, 7) is 1.86. The van der Waals surface area contributed by atoms with Crippen LogP contribution in [0.5, 0.6) is 0 Å². The number of aromatic nitrogens is 6. The second-order valence-electron chi connectivity index (χ2n) is 4.73. The average Bonchev–Trinajstić information content (AvgIpc) is 2.99. The van der Waals surface area contributed by atoms with Crippen molar-refractivity contribution in [2.24, 2.45) is 0 Å². The molecule has 20 heavy (non-hydrogen) atoms. The third kappa shape index (κ3) is 1.82. The van der Waals surface area contributed by atoms with E-state index in [1.54, 1.807) is 10.7 Å². The third-order valence-electron chi connectivity index (χ3n) is 3.18. The van der Waals surface area contributed by atoms with Crippen LogP contribution < -0.4 is 0 Å². The minimum Gasteiger partial charge on any atom is -0.308 e. The summed E-state index contributed by atoms with van der Waals surface area (Å²) in [5, 5.41) is 4.23. The maximum atomic E-state index is 4.52. The maximum absolute atomic E-state index is 4.52. The van der Waals surface area contributed by atoms with Crippen molar-refractivity contribution in [1.29, 1.82) is 0 Å². The largest absolute Gasteiger partial charge is 0.308 e. The van der Waals surface area contributed by atoms with Crippen LogP contribution in [0.3, 0.4) is 0 Å². The summed E-state index contributed by atoms with van der Waals surface area (Å²) in [6.07, 6.45) is 8.51. The van der Waals surface area contributed by atoms with Crippen LogP contribution in [0.15, 0.2) is 43.0 Å². The second kappa shape index (κ2) is 4.12. The molecule has 6 nitrogen and oxygen atoms in total. The third-order valence-corrected chi connectivity index (χ3v) is 3.18. The molecule has 0 fully saturated rings. The highest BCUT2D eigenvalue weighted by atomic mass is 15.3. The number of hydrogen-bond acceptors (Lipinski definition) is 4. The van der Waals surface area contributed by atoms with E-state index in [0.717, 1.165) is 23.6 Å². The molecule has 0 aliphatic heterocycles. The quantitative estimate of drug-likeness (QED) is 0.552. The Labute approximate surface area is 114 Å². The first-order chi connectivity index (χ1) is 9.78. The van der Waals surface area contributed by atoms with Gasteiger partial charge in [0, 0.05) is 31.2 Å². The van der Waals surface area contributed by atoms with Crippen LogP contribution in [0.4, 0.5) is 0 Å². The predicted octanol–water partition coefficient (Wildman–Crippen LogP) is 1.67. The molecule has 4 rings (SSSR count). The number of aryl methyl sites for hydroxylation is 1. The number of nitrogens with zero attached hydrogens (tertiary/aromatic N) is 6. The molecule has 6 heteroatoms. The molecule has 4 aromatic rings. The van der Waals surface area contributed by atoms with Crippen molar-refractivity contribution in [3.63, 3.8) is 0 Å². The van der Waals surface area contributed by atoms with E-state index in [1.807, 2.05) is 35.9 Å². The number of hydrogen-bond donors (Lipinski definition) is 0. The first-order valence-corrected chi connectivity index (χ1v) is 6.38. The van der Waals surface area contributed by atoms with Gasteiger partial charge in [0.25, 0.3) is 5.78 Å². The van der Waals surface area contributed by atoms with Crippen molar-refractivity contribution in [2.45, 2.75) is 13.3 Å². The summed E-state index contributed by atoms with van der Waals surface area (Å²) < 4.78 is 3.70. The Kier molecular flexibility index (Phi) is 2.29. The highest BCUT2D eigenvalue weighted by Crippen LogP contribution is 2.12. The molecule has 98 valence electrons. The Morgan fingerprint density at radius 1 is 1.20 bits per heavy atom. The van der Waals surface area contributed by atoms with Crippen molar-refractivity contribution >= 4 is 11.4 Å². The lowest BCUT2D eigenvalue weighted by Crippen LogP contribution is -1.96. The summed E-state index contributed by atoms with van der Waals surface area (Å²) in [5.74, 6) is 1.37. The standard InChI is InChI=1S/C14H12N6/c1-10-16-14-17-12(3-6-20(14)18-10)7-11-8-13-15-4-2-5-19(13)9-11/h2-6,8-9H,7H2,1H3. The predicted molar refractivity (Wildman–Crippen MR) is 73.5 cm³/mol. The Morgan fingerprint density at radius 3 is 3.05 bits per heavy atom. The minimum absolute atomic E-state index is 0.641. The second-order valence-corrected chi connectivity index (χ2v) is 4.73. The van der Waals surface area contributed by atoms with Gasteiger partial charge >= 0.3 is 0 Å². The molecule has 0 radical (unpaired) electrons. The molecule has 0 aliphatic rings. The molecule has 0 atom stereocenters. The zero-order valence-corrected chi connectivity index (χ0v) is 10.9. The molecule has 0 spiro atoms. The Hall–Kier alpha value is -2.76. The van der Waals surface area contributed by atoms with Gasteiger partial charge < -0.3 is 4.40 Å². The van der Waals surface area contributed by atoms with Crippen molar-refractivity contribution < 1.29 is 0 Å². The monoisotopic (exact) mass is 264 g/mol. The van der Waals surface area contributed by atoms with E-state index in [2.05, 4.69) is 32.3 Å². The molecule has 0 N–H and O–H groups in total. The first kappa shape index (κ1) is 11.1. The van der Waals surface area contributed by atoms with Crippen molar-refractivity contribution in [2.75, 3.05) is 0 Å². The SMILES string of the molecule is Cc1nc2nc(Cc3cc4ncccn4c3)ccn2n1. The summed E-state index contributed by atoms with van der Waals surface area (Å²) >= 11 is 0. The van der Waals surface area contributed by atoms with Crippen molar-refractivity contribution in [1.82, 2.24) is 29.0 Å². The number of rotatable bonds is 2. The van der Waals surface area contributed by atoms with Gasteiger partial charge in [-0.3, -0.25) is 0 Å². The Bertz CT molecular complexity index is 871. The highest BCUT2D eigenvalue weighted by molar-refractivity contribution is 5.43. The topological polar surface area (TPSA) is 60.4 Å². The highest BCUT2D eigenvalue weighted by Gasteiger charge is 2.05. The zero-order valence-electron chi connectivity index (χ0n) is 10.9. The smallest absolute Gasteiger partial charge is 0.252 e. The van der Waals surface area contributed by atoms with Gasteiger partial charge in [0.15, 0.2) is 0 Å². The van der Waals surface area contributed by atoms with E-state index in [0.29, 0.717) is 5.78 Å². The van der Waals surface area contributed by atoms with E-state index < -0.39 is 0 Å². The molecule has 0 amide bonds. The molecule has 0 unspecified atom stereocenters. The summed E-state index contributed by atoms with van der Waals surface area (Å²) in [4.78, 5) is 13.1. The van der Waals surface area contributed by atoms with E-state index >= 15 is 0 Å². The lowest BCUT2D eigenvalue weighted by Gasteiger charge is -1.98. The molecule has 0 saturated heterocycles. The van der Waals surface area contributed by atoms with Crippen LogP contribution in [0.2, 0.25) is 0 Å². The summed E-state index contributed by atoms with van der Waals surface area (Å²) in [5.41, 5.74) is 3.10. The molecular weight excluding hydrogens is 252 g/mol. The van der Waals surface area contributed by atoms with Crippen LogP contribution in [0, 0.1) is 6.92 Å². The van der Waals surface area contributed by atoms with Crippen molar-refractivity contribution in [3.05, 3.63) is 60.1 Å². The van der Waals surface area contributed by atoms with Gasteiger partial charge in [0.1, 0.15) is 11.5 Å². The lowest BCUT2D eigenvalue weighted by atomic mass is 10.2. The van der Waals surface area contributed by atoms with Crippen LogP contribution in [0.25, 0.3) is 11.4 Å². The van der Waals surface area contributed by atoms with Crippen LogP contribution in [-0.4, -0.2) is 29.0 Å². The fraction of sp³-hybridized carbons (Fsp3) is 0.143. The normalized spacial score (nSPS) is 11.4. The maximum Gasteiger partial charge on any atom is 0.252 e. The van der Waals surface area contributed by atoms with Crippen LogP contribution in [0.1, 0.15) is 17.1 Å². The van der Waals surface area contributed by atoms with E-state index in [9.17, 15) is 0 Å². The Balaban J connectivity index is 1.72. The van der Waals surface area contributed by atoms with Gasteiger partial charge in [-0.2, -0.15) is 10.1 Å². The molecule has 4 heterocycles. The summed E-state index contributed by atoms with van der Waals surface area (Å²) in [6, 6.07) is 5.96. The van der Waals surface area contributed by atoms with Gasteiger partial charge in [-0.15, -0.1) is 0 Å². The minimum atomic E-state index is 0.641. The van der Waals surface area contributed by atoms with Gasteiger partial charge in [-0.25, -0.2) is 14.5 Å². The van der Waals surface area contributed by atoms with E-state index in [4.69, 9.17) is 0 Å². The van der Waals surface area contributed by atoms with Gasteiger partial charge in [0.05, 0.1) is 5.69 Å². The van der Waals surface area contributed by atoms with E-state index in [-0.39, 0.29) is 0 Å². The molecule has 0 bridgehead atoms. The fourth-order valence-electron chi connectivity index (χ4n) is 2.32. The first-order valence-electron chi connectivity index (χ1n) is 6.38. The molecule has 0 aromatic carbocycles. The Morgan fingerprint density at radius 2 is 2.15 bits per heavy atom. The molecule has 0 aliphatic carbocycles. The van der Waals surface area contributed by atoms with Crippen LogP contribution in [-0.2, 0) is 6.42 Å². The van der Waals surface area contributed by atoms with Crippen molar-refractivity contribution in [3.8, 4) is 0 Å². The average molecular weight is 264 g/mol. The molecule has 0 saturated carbocycles. The van der Waals surface area contributed by atoms with Gasteiger partial charge in [-0.1, -0.05) is 0 Å². The van der Waals surface area contributed by atoms with Crippen LogP contribution >= 0.6 is 0 Å². The fourth-order valence-corrected chi connectivity index (χ4v) is 2.32. The number of fused-ring (bicyclic) bond motifs is 2. The molecular formula is C14H12N6. The lowest BCUT2D eigenvalue weighted by molar-refractivity contribution is 0.901. The van der Waals surface area contributed by atoms with Gasteiger partial charge in [0.2, 0.25) is 0 Å². The summed E-state index contributed by atoms with van der Waals surface area (Å²) in [7, 11) is 0. The van der Waals surface area contributed by atoms with E-state index in [1.165, 1.54) is 5.56 Å². The zero-order chi connectivity index (χ0) is 13.5. The van der Waals surface area contributed by atoms with Gasteiger partial charge in [-0.05, 0) is 30.7 Å².